The molecule has 2 atom stereocenters. The van der Waals surface area contributed by atoms with Crippen molar-refractivity contribution in [1.82, 2.24) is 5.32 Å². The Morgan fingerprint density at radius 3 is 2.75 bits per heavy atom. The largest absolute Gasteiger partial charge is 0.381 e. The molecule has 94 valence electrons. The Hall–Kier alpha value is -0.120. The highest BCUT2D eigenvalue weighted by atomic mass is 16.5. The van der Waals surface area contributed by atoms with Crippen LogP contribution >= 0.6 is 0 Å². The predicted octanol–water partition coefficient (Wildman–Crippen LogP) is 1.66. The van der Waals surface area contributed by atoms with Crippen LogP contribution in [0.1, 0.15) is 45.4 Å². The highest BCUT2D eigenvalue weighted by molar-refractivity contribution is 4.85. The van der Waals surface area contributed by atoms with Crippen molar-refractivity contribution >= 4 is 0 Å². The fraction of sp³-hybridized carbons (Fsp3) is 1.00. The molecule has 1 heterocycles. The molecular formula is C13H26N2O. The Morgan fingerprint density at radius 2 is 2.06 bits per heavy atom. The zero-order valence-corrected chi connectivity index (χ0v) is 10.5. The van der Waals surface area contributed by atoms with Crippen molar-refractivity contribution < 1.29 is 4.74 Å². The van der Waals surface area contributed by atoms with Gasteiger partial charge >= 0.3 is 0 Å². The molecule has 2 aliphatic rings. The van der Waals surface area contributed by atoms with Gasteiger partial charge in [-0.1, -0.05) is 13.3 Å². The van der Waals surface area contributed by atoms with Crippen molar-refractivity contribution in [3.8, 4) is 0 Å². The van der Waals surface area contributed by atoms with Crippen LogP contribution in [-0.4, -0.2) is 31.8 Å². The van der Waals surface area contributed by atoms with E-state index in [1.54, 1.807) is 0 Å². The third-order valence-corrected chi connectivity index (χ3v) is 4.23. The molecule has 2 unspecified atom stereocenters. The van der Waals surface area contributed by atoms with E-state index in [1.165, 1.54) is 32.1 Å². The molecule has 1 saturated carbocycles. The summed E-state index contributed by atoms with van der Waals surface area (Å²) in [5.74, 6) is 0. The van der Waals surface area contributed by atoms with Crippen LogP contribution in [0.4, 0.5) is 0 Å². The third-order valence-electron chi connectivity index (χ3n) is 4.23. The first kappa shape index (κ1) is 12.3. The SMILES string of the molecule is CC1(CNC2CCCC(N)C2)CCOCC1. The fourth-order valence-electron chi connectivity index (χ4n) is 2.84. The Morgan fingerprint density at radius 1 is 1.31 bits per heavy atom. The van der Waals surface area contributed by atoms with Crippen LogP contribution in [0.5, 0.6) is 0 Å². The lowest BCUT2D eigenvalue weighted by Crippen LogP contribution is -2.45. The van der Waals surface area contributed by atoms with Gasteiger partial charge < -0.3 is 15.8 Å². The second kappa shape index (κ2) is 5.48. The average molecular weight is 226 g/mol. The van der Waals surface area contributed by atoms with E-state index in [0.717, 1.165) is 26.2 Å². The van der Waals surface area contributed by atoms with Gasteiger partial charge in [-0.2, -0.15) is 0 Å². The van der Waals surface area contributed by atoms with Crippen molar-refractivity contribution in [2.45, 2.75) is 57.5 Å². The van der Waals surface area contributed by atoms with Crippen LogP contribution in [0.15, 0.2) is 0 Å². The number of hydrogen-bond donors (Lipinski definition) is 2. The topological polar surface area (TPSA) is 47.3 Å². The molecule has 0 aromatic carbocycles. The lowest BCUT2D eigenvalue weighted by atomic mass is 9.81. The normalized spacial score (nSPS) is 34.9. The van der Waals surface area contributed by atoms with E-state index in [2.05, 4.69) is 12.2 Å². The van der Waals surface area contributed by atoms with Gasteiger partial charge in [0.2, 0.25) is 0 Å². The summed E-state index contributed by atoms with van der Waals surface area (Å²) in [6.07, 6.45) is 7.35. The average Bonchev–Trinajstić information content (AvgIpc) is 2.28. The summed E-state index contributed by atoms with van der Waals surface area (Å²) >= 11 is 0. The fourth-order valence-corrected chi connectivity index (χ4v) is 2.84. The molecule has 1 aliphatic carbocycles. The van der Waals surface area contributed by atoms with Gasteiger partial charge in [-0.05, 0) is 37.5 Å². The number of nitrogens with one attached hydrogen (secondary N) is 1. The van der Waals surface area contributed by atoms with Gasteiger partial charge in [-0.15, -0.1) is 0 Å². The lowest BCUT2D eigenvalue weighted by molar-refractivity contribution is 0.0222. The number of ether oxygens (including phenoxy) is 1. The van der Waals surface area contributed by atoms with E-state index >= 15 is 0 Å². The maximum atomic E-state index is 6.01. The van der Waals surface area contributed by atoms with Gasteiger partial charge in [-0.25, -0.2) is 0 Å². The summed E-state index contributed by atoms with van der Waals surface area (Å²) in [6, 6.07) is 1.08. The van der Waals surface area contributed by atoms with Crippen molar-refractivity contribution in [2.75, 3.05) is 19.8 Å². The quantitative estimate of drug-likeness (QED) is 0.769. The van der Waals surface area contributed by atoms with Gasteiger partial charge in [0.25, 0.3) is 0 Å². The lowest BCUT2D eigenvalue weighted by Gasteiger charge is -2.36. The summed E-state index contributed by atoms with van der Waals surface area (Å²) in [6.45, 7) is 5.38. The van der Waals surface area contributed by atoms with Gasteiger partial charge in [0.05, 0.1) is 0 Å². The predicted molar refractivity (Wildman–Crippen MR) is 66.4 cm³/mol. The standard InChI is InChI=1S/C13H26N2O/c1-13(5-7-16-8-6-13)10-15-12-4-2-3-11(14)9-12/h11-12,15H,2-10,14H2,1H3. The number of nitrogens with two attached hydrogens (primary N) is 1. The van der Waals surface area contributed by atoms with E-state index < -0.39 is 0 Å². The first-order chi connectivity index (χ1) is 7.68. The molecule has 0 bridgehead atoms. The van der Waals surface area contributed by atoms with E-state index in [4.69, 9.17) is 10.5 Å². The molecule has 0 amide bonds. The monoisotopic (exact) mass is 226 g/mol. The van der Waals surface area contributed by atoms with Crippen LogP contribution in [0.2, 0.25) is 0 Å². The van der Waals surface area contributed by atoms with Crippen molar-refractivity contribution in [3.63, 3.8) is 0 Å². The molecule has 1 aliphatic heterocycles. The first-order valence-electron chi connectivity index (χ1n) is 6.75. The molecule has 2 fully saturated rings. The van der Waals surface area contributed by atoms with Crippen molar-refractivity contribution in [3.05, 3.63) is 0 Å². The summed E-state index contributed by atoms with van der Waals surface area (Å²) in [5, 5.41) is 3.73. The molecule has 0 aromatic rings. The first-order valence-corrected chi connectivity index (χ1v) is 6.75. The minimum Gasteiger partial charge on any atom is -0.381 e. The summed E-state index contributed by atoms with van der Waals surface area (Å²) in [7, 11) is 0. The van der Waals surface area contributed by atoms with Crippen LogP contribution in [-0.2, 0) is 4.74 Å². The van der Waals surface area contributed by atoms with Crippen LogP contribution in [0.3, 0.4) is 0 Å². The van der Waals surface area contributed by atoms with E-state index in [1.807, 2.05) is 0 Å². The maximum Gasteiger partial charge on any atom is 0.0471 e. The summed E-state index contributed by atoms with van der Waals surface area (Å²) in [4.78, 5) is 0. The molecule has 0 aromatic heterocycles. The van der Waals surface area contributed by atoms with Gasteiger partial charge in [-0.3, -0.25) is 0 Å². The highest BCUT2D eigenvalue weighted by Crippen LogP contribution is 2.29. The van der Waals surface area contributed by atoms with Crippen LogP contribution in [0, 0.1) is 5.41 Å². The summed E-state index contributed by atoms with van der Waals surface area (Å²) < 4.78 is 5.43. The van der Waals surface area contributed by atoms with Gasteiger partial charge in [0.1, 0.15) is 0 Å². The molecule has 0 radical (unpaired) electrons. The zero-order valence-electron chi connectivity index (χ0n) is 10.5. The van der Waals surface area contributed by atoms with Crippen molar-refractivity contribution in [1.29, 1.82) is 0 Å². The number of hydrogen-bond acceptors (Lipinski definition) is 3. The Kier molecular flexibility index (Phi) is 4.22. The molecule has 3 N–H and O–H groups in total. The second-order valence-electron chi connectivity index (χ2n) is 5.93. The van der Waals surface area contributed by atoms with Crippen LogP contribution in [0.25, 0.3) is 0 Å². The molecular weight excluding hydrogens is 200 g/mol. The molecule has 3 heteroatoms. The van der Waals surface area contributed by atoms with Crippen LogP contribution < -0.4 is 11.1 Å². The minimum atomic E-state index is 0.425. The molecule has 0 spiro atoms. The Balaban J connectivity index is 1.73. The minimum absolute atomic E-state index is 0.425. The highest BCUT2D eigenvalue weighted by Gasteiger charge is 2.28. The van der Waals surface area contributed by atoms with E-state index in [-0.39, 0.29) is 0 Å². The molecule has 3 nitrogen and oxygen atoms in total. The second-order valence-corrected chi connectivity index (χ2v) is 5.93. The van der Waals surface area contributed by atoms with Gasteiger partial charge in [0, 0.05) is 31.8 Å². The smallest absolute Gasteiger partial charge is 0.0471 e. The molecule has 16 heavy (non-hydrogen) atoms. The van der Waals surface area contributed by atoms with E-state index in [0.29, 0.717) is 17.5 Å². The summed E-state index contributed by atoms with van der Waals surface area (Å²) in [5.41, 5.74) is 6.45. The van der Waals surface area contributed by atoms with Gasteiger partial charge in [0.15, 0.2) is 0 Å². The molecule has 1 saturated heterocycles. The van der Waals surface area contributed by atoms with Crippen molar-refractivity contribution in [2.24, 2.45) is 11.1 Å². The Bertz CT molecular complexity index is 214. The Labute approximate surface area is 99.1 Å². The van der Waals surface area contributed by atoms with E-state index in [9.17, 15) is 0 Å². The maximum absolute atomic E-state index is 6.01. The third kappa shape index (κ3) is 3.44. The zero-order chi connectivity index (χ0) is 11.4. The number of rotatable bonds is 3. The molecule has 2 rings (SSSR count).